The molecule has 0 amide bonds. The average Bonchev–Trinajstić information content (AvgIpc) is 3.02. The number of phosphoric acid groups is 2. The third-order valence-electron chi connectivity index (χ3n) is 6.80. The number of benzene rings is 5. The summed E-state index contributed by atoms with van der Waals surface area (Å²) in [5.41, 5.74) is -0.754. The lowest BCUT2D eigenvalue weighted by atomic mass is 9.99. The van der Waals surface area contributed by atoms with Gasteiger partial charge in [-0.05, 0) is 87.4 Å². The highest BCUT2D eigenvalue weighted by Crippen LogP contribution is 2.56. The van der Waals surface area contributed by atoms with Gasteiger partial charge in [-0.3, -0.25) is 9.05 Å². The van der Waals surface area contributed by atoms with E-state index in [4.69, 9.17) is 27.1 Å². The van der Waals surface area contributed by atoms with Gasteiger partial charge in [-0.1, -0.05) is 97.1 Å². The molecule has 10 heteroatoms. The van der Waals surface area contributed by atoms with Gasteiger partial charge in [0.2, 0.25) is 0 Å². The van der Waals surface area contributed by atoms with Crippen LogP contribution in [-0.4, -0.2) is 0 Å². The van der Waals surface area contributed by atoms with Gasteiger partial charge in [-0.25, -0.2) is 9.13 Å². The van der Waals surface area contributed by atoms with E-state index in [0.29, 0.717) is 22.8 Å². The van der Waals surface area contributed by atoms with Crippen molar-refractivity contribution in [1.29, 1.82) is 0 Å². The van der Waals surface area contributed by atoms with E-state index >= 15 is 0 Å². The molecule has 0 radical (unpaired) electrons. The largest absolute Gasteiger partial charge is 0.588 e. The predicted molar refractivity (Wildman–Crippen MR) is 178 cm³/mol. The zero-order valence-corrected chi connectivity index (χ0v) is 27.8. The molecule has 0 aromatic heterocycles. The third kappa shape index (κ3) is 8.90. The molecule has 0 aliphatic rings. The highest BCUT2D eigenvalue weighted by atomic mass is 31.2. The van der Waals surface area contributed by atoms with E-state index < -0.39 is 26.8 Å². The van der Waals surface area contributed by atoms with Crippen LogP contribution in [0.5, 0.6) is 23.0 Å². The van der Waals surface area contributed by atoms with E-state index in [-0.39, 0.29) is 5.75 Å². The van der Waals surface area contributed by atoms with Gasteiger partial charge in [0.05, 0.1) is 0 Å². The molecule has 5 aromatic rings. The van der Waals surface area contributed by atoms with Gasteiger partial charge < -0.3 is 18.1 Å². The first kappa shape index (κ1) is 33.1. The monoisotopic (exact) mass is 658 g/mol. The summed E-state index contributed by atoms with van der Waals surface area (Å²) < 4.78 is 63.9. The van der Waals surface area contributed by atoms with Crippen molar-refractivity contribution in [3.63, 3.8) is 0 Å². The van der Waals surface area contributed by atoms with Crippen LogP contribution in [0.25, 0.3) is 0 Å². The van der Waals surface area contributed by atoms with Crippen molar-refractivity contribution in [3.8, 4) is 23.0 Å². The zero-order valence-electron chi connectivity index (χ0n) is 26.0. The second-order valence-corrected chi connectivity index (χ2v) is 14.2. The van der Waals surface area contributed by atoms with Crippen LogP contribution in [0.1, 0.15) is 38.8 Å². The van der Waals surface area contributed by atoms with Crippen molar-refractivity contribution < 1.29 is 36.3 Å². The molecule has 5 aromatic carbocycles. The Balaban J connectivity index is 1.38. The molecule has 0 heterocycles. The summed E-state index contributed by atoms with van der Waals surface area (Å²) in [5, 5.41) is 0. The Kier molecular flexibility index (Phi) is 10.0. The second-order valence-electron chi connectivity index (χ2n) is 11.3. The van der Waals surface area contributed by atoms with Crippen LogP contribution in [0.2, 0.25) is 0 Å². The molecule has 8 nitrogen and oxygen atoms in total. The fourth-order valence-electron chi connectivity index (χ4n) is 4.49. The summed E-state index contributed by atoms with van der Waals surface area (Å²) in [4.78, 5) is 0. The van der Waals surface area contributed by atoms with Gasteiger partial charge in [0.15, 0.2) is 0 Å². The lowest BCUT2D eigenvalue weighted by Crippen LogP contribution is -2.23. The van der Waals surface area contributed by atoms with Crippen LogP contribution < -0.4 is 18.1 Å². The lowest BCUT2D eigenvalue weighted by Gasteiger charge is -2.30. The normalized spacial score (nSPS) is 13.3. The number of para-hydroxylation sites is 3. The predicted octanol–water partition coefficient (Wildman–Crippen LogP) is 10.7. The van der Waals surface area contributed by atoms with E-state index in [1.165, 1.54) is 0 Å². The van der Waals surface area contributed by atoms with Gasteiger partial charge in [0.25, 0.3) is 0 Å². The number of rotatable bonds is 14. The minimum absolute atomic E-state index is 0.229. The van der Waals surface area contributed by atoms with Crippen LogP contribution in [0.3, 0.4) is 0 Å². The summed E-state index contributed by atoms with van der Waals surface area (Å²) in [7, 11) is -8.44. The van der Waals surface area contributed by atoms with Crippen LogP contribution in [0.4, 0.5) is 0 Å². The molecule has 0 spiro atoms. The maximum atomic E-state index is 14.2. The van der Waals surface area contributed by atoms with Gasteiger partial charge in [-0.2, -0.15) is 0 Å². The molecule has 0 fully saturated rings. The minimum atomic E-state index is -4.23. The highest BCUT2D eigenvalue weighted by molar-refractivity contribution is 7.49. The third-order valence-corrected chi connectivity index (χ3v) is 9.89. The standard InChI is InChI=1S/C36H36O8P2/c1-35(2,29-17-9-5-10-18-29)43-46(38,41-33-23-15-8-16-24-33)42-34-27-25-30(26-28-34)36(3,4)44-45(37,39-31-19-11-6-12-20-31)40-32-21-13-7-14-22-32/h5-28H,1-4H3. The topological polar surface area (TPSA) is 89.5 Å². The molecule has 0 aliphatic carbocycles. The lowest BCUT2D eigenvalue weighted by molar-refractivity contribution is 0.0698. The molecule has 5 rings (SSSR count). The number of hydrogen-bond acceptors (Lipinski definition) is 8. The van der Waals surface area contributed by atoms with Gasteiger partial charge >= 0.3 is 15.6 Å². The van der Waals surface area contributed by atoms with E-state index in [1.807, 2.05) is 48.5 Å². The van der Waals surface area contributed by atoms with E-state index in [0.717, 1.165) is 5.56 Å². The van der Waals surface area contributed by atoms with Gasteiger partial charge in [0.1, 0.15) is 34.2 Å². The van der Waals surface area contributed by atoms with Crippen molar-refractivity contribution in [3.05, 3.63) is 157 Å². The fraction of sp³-hybridized carbons (Fsp3) is 0.167. The number of hydrogen-bond donors (Lipinski definition) is 0. The Morgan fingerprint density at radius 2 is 0.630 bits per heavy atom. The molecule has 0 N–H and O–H groups in total. The number of phosphoric ester groups is 2. The molecule has 0 aliphatic heterocycles. The Hall–Kier alpha value is -4.32. The summed E-state index contributed by atoms with van der Waals surface area (Å²) >= 11 is 0. The maximum absolute atomic E-state index is 14.2. The first-order valence-electron chi connectivity index (χ1n) is 14.6. The Bertz CT molecular complexity index is 1740. The SMILES string of the molecule is CC(C)(OP(=O)(Oc1ccccc1)Oc1ccc(C(C)(C)OP(=O)(Oc2ccccc2)Oc2ccccc2)cc1)c1ccccc1. The smallest absolute Gasteiger partial charge is 0.395 e. The average molecular weight is 659 g/mol. The van der Waals surface area contributed by atoms with Gasteiger partial charge in [-0.15, -0.1) is 0 Å². The van der Waals surface area contributed by atoms with Crippen molar-refractivity contribution >= 4 is 15.6 Å². The molecular weight excluding hydrogens is 622 g/mol. The van der Waals surface area contributed by atoms with Crippen LogP contribution >= 0.6 is 15.6 Å². The summed E-state index contributed by atoms with van der Waals surface area (Å²) in [6, 6.07) is 42.1. The second kappa shape index (κ2) is 14.0. The van der Waals surface area contributed by atoms with Crippen LogP contribution in [-0.2, 0) is 29.4 Å². The Morgan fingerprint density at radius 1 is 0.370 bits per heavy atom. The fourth-order valence-corrected chi connectivity index (χ4v) is 7.57. The molecule has 0 saturated heterocycles. The van der Waals surface area contributed by atoms with Crippen molar-refractivity contribution in [2.75, 3.05) is 0 Å². The van der Waals surface area contributed by atoms with Crippen molar-refractivity contribution in [2.24, 2.45) is 0 Å². The molecule has 0 bridgehead atoms. The van der Waals surface area contributed by atoms with Crippen molar-refractivity contribution in [1.82, 2.24) is 0 Å². The van der Waals surface area contributed by atoms with Crippen LogP contribution in [0, 0.1) is 0 Å². The van der Waals surface area contributed by atoms with E-state index in [2.05, 4.69) is 0 Å². The molecule has 1 unspecified atom stereocenters. The van der Waals surface area contributed by atoms with E-state index in [9.17, 15) is 9.13 Å². The zero-order chi connectivity index (χ0) is 32.7. The van der Waals surface area contributed by atoms with Gasteiger partial charge in [0, 0.05) is 0 Å². The maximum Gasteiger partial charge on any atom is 0.588 e. The minimum Gasteiger partial charge on any atom is -0.395 e. The molecule has 46 heavy (non-hydrogen) atoms. The summed E-state index contributed by atoms with van der Waals surface area (Å²) in [6.07, 6.45) is 0. The Morgan fingerprint density at radius 3 is 0.957 bits per heavy atom. The van der Waals surface area contributed by atoms with Crippen molar-refractivity contribution in [2.45, 2.75) is 38.9 Å². The molecule has 0 saturated carbocycles. The Labute approximate surface area is 270 Å². The van der Waals surface area contributed by atoms with Crippen LogP contribution in [0.15, 0.2) is 146 Å². The molecule has 1 atom stereocenters. The summed E-state index contributed by atoms with van der Waals surface area (Å²) in [6.45, 7) is 7.08. The molecule has 238 valence electrons. The van der Waals surface area contributed by atoms with E-state index in [1.54, 1.807) is 125 Å². The summed E-state index contributed by atoms with van der Waals surface area (Å²) in [5.74, 6) is 1.21. The first-order valence-corrected chi connectivity index (χ1v) is 17.6. The molecular formula is C36H36O8P2. The first-order chi connectivity index (χ1) is 21.9. The highest BCUT2D eigenvalue weighted by Gasteiger charge is 2.41. The quantitative estimate of drug-likeness (QED) is 0.109.